The highest BCUT2D eigenvalue weighted by Crippen LogP contribution is 2.34. The van der Waals surface area contributed by atoms with Crippen LogP contribution in [0.15, 0.2) is 18.2 Å². The van der Waals surface area contributed by atoms with Gasteiger partial charge >= 0.3 is 0 Å². The fourth-order valence-electron chi connectivity index (χ4n) is 3.02. The first-order valence-corrected chi connectivity index (χ1v) is 7.30. The Morgan fingerprint density at radius 2 is 2.11 bits per heavy atom. The van der Waals surface area contributed by atoms with E-state index in [1.165, 1.54) is 36.1 Å². The number of rotatable bonds is 6. The smallest absolute Gasteiger partial charge is 0.0477 e. The summed E-state index contributed by atoms with van der Waals surface area (Å²) in [5.41, 5.74) is 10.4. The highest BCUT2D eigenvalue weighted by Gasteiger charge is 2.29. The van der Waals surface area contributed by atoms with Crippen LogP contribution < -0.4 is 5.73 Å². The molecule has 106 valence electrons. The van der Waals surface area contributed by atoms with E-state index in [1.807, 2.05) is 0 Å². The van der Waals surface area contributed by atoms with Gasteiger partial charge in [0.1, 0.15) is 0 Å². The molecule has 0 saturated carbocycles. The Morgan fingerprint density at radius 3 is 2.79 bits per heavy atom. The summed E-state index contributed by atoms with van der Waals surface area (Å²) in [6.45, 7) is 6.34. The number of fused-ring (bicyclic) bond motifs is 1. The third kappa shape index (κ3) is 3.35. The van der Waals surface area contributed by atoms with Gasteiger partial charge in [-0.2, -0.15) is 0 Å². The fraction of sp³-hybridized carbons (Fsp3) is 0.625. The largest absolute Gasteiger partial charge is 0.329 e. The minimum absolute atomic E-state index is 0.425. The third-order valence-electron chi connectivity index (χ3n) is 4.13. The van der Waals surface area contributed by atoms with Gasteiger partial charge in [0.25, 0.3) is 0 Å². The van der Waals surface area contributed by atoms with Crippen LogP contribution in [-0.4, -0.2) is 43.5 Å². The van der Waals surface area contributed by atoms with Gasteiger partial charge in [-0.05, 0) is 63.6 Å². The second-order valence-corrected chi connectivity index (χ2v) is 5.88. The van der Waals surface area contributed by atoms with Crippen LogP contribution in [0.2, 0.25) is 0 Å². The maximum atomic E-state index is 5.99. The summed E-state index contributed by atoms with van der Waals surface area (Å²) in [5.74, 6) is 0. The average Bonchev–Trinajstić information content (AvgIpc) is 2.73. The Morgan fingerprint density at radius 1 is 1.32 bits per heavy atom. The van der Waals surface area contributed by atoms with E-state index in [9.17, 15) is 0 Å². The lowest BCUT2D eigenvalue weighted by molar-refractivity contribution is 0.212. The molecule has 1 aromatic carbocycles. The summed E-state index contributed by atoms with van der Waals surface area (Å²) < 4.78 is 0. The molecule has 3 heteroatoms. The monoisotopic (exact) mass is 261 g/mol. The lowest BCUT2D eigenvalue weighted by Crippen LogP contribution is -2.29. The van der Waals surface area contributed by atoms with Gasteiger partial charge in [0.05, 0.1) is 0 Å². The first-order chi connectivity index (χ1) is 9.13. The van der Waals surface area contributed by atoms with Crippen LogP contribution in [0.5, 0.6) is 0 Å². The van der Waals surface area contributed by atoms with Gasteiger partial charge in [0, 0.05) is 19.1 Å². The Bertz CT molecular complexity index is 414. The summed E-state index contributed by atoms with van der Waals surface area (Å²) >= 11 is 0. The quantitative estimate of drug-likeness (QED) is 0.797. The van der Waals surface area contributed by atoms with Crippen LogP contribution in [0.4, 0.5) is 0 Å². The van der Waals surface area contributed by atoms with E-state index in [0.717, 1.165) is 19.6 Å². The van der Waals surface area contributed by atoms with Crippen LogP contribution in [0.25, 0.3) is 0 Å². The predicted molar refractivity (Wildman–Crippen MR) is 81.2 cm³/mol. The normalized spacial score (nSPS) is 19.1. The summed E-state index contributed by atoms with van der Waals surface area (Å²) in [6, 6.07) is 7.04. The predicted octanol–water partition coefficient (Wildman–Crippen LogP) is 2.15. The first kappa shape index (κ1) is 14.5. The number of nitrogens with two attached hydrogens (primary N) is 1. The van der Waals surface area contributed by atoms with Crippen LogP contribution in [0.1, 0.15) is 35.6 Å². The lowest BCUT2D eigenvalue weighted by Gasteiger charge is -2.24. The number of aryl methyl sites for hydroxylation is 1. The number of hydrogen-bond donors (Lipinski definition) is 1. The van der Waals surface area contributed by atoms with Crippen molar-refractivity contribution in [3.8, 4) is 0 Å². The van der Waals surface area contributed by atoms with Gasteiger partial charge in [-0.3, -0.25) is 4.90 Å². The van der Waals surface area contributed by atoms with Crippen molar-refractivity contribution in [3.05, 3.63) is 34.9 Å². The van der Waals surface area contributed by atoms with E-state index in [0.29, 0.717) is 6.04 Å². The van der Waals surface area contributed by atoms with Crippen LogP contribution >= 0.6 is 0 Å². The molecule has 1 aromatic rings. The van der Waals surface area contributed by atoms with Crippen molar-refractivity contribution < 1.29 is 0 Å². The zero-order valence-corrected chi connectivity index (χ0v) is 12.5. The molecule has 0 radical (unpaired) electrons. The van der Waals surface area contributed by atoms with Crippen LogP contribution in [0, 0.1) is 6.92 Å². The summed E-state index contributed by atoms with van der Waals surface area (Å²) in [6.07, 6.45) is 2.51. The van der Waals surface area contributed by atoms with Crippen molar-refractivity contribution in [3.63, 3.8) is 0 Å². The summed E-state index contributed by atoms with van der Waals surface area (Å²) in [7, 11) is 4.27. The average molecular weight is 261 g/mol. The summed E-state index contributed by atoms with van der Waals surface area (Å²) in [4.78, 5) is 4.80. The van der Waals surface area contributed by atoms with Gasteiger partial charge in [-0.1, -0.05) is 18.2 Å². The molecule has 1 aliphatic rings. The minimum atomic E-state index is 0.425. The standard InChI is InChI=1S/C16H27N3/c1-13-7-6-8-14-15(13)12-19(16(14)11-17)10-5-4-9-18(2)3/h6-8,16H,4-5,9-12,17H2,1-3H3. The highest BCUT2D eigenvalue weighted by atomic mass is 15.2. The molecular weight excluding hydrogens is 234 g/mol. The SMILES string of the molecule is Cc1cccc2c1CN(CCCCN(C)C)C2CN. The molecule has 0 saturated heterocycles. The highest BCUT2D eigenvalue weighted by molar-refractivity contribution is 5.40. The number of nitrogens with zero attached hydrogens (tertiary/aromatic N) is 2. The van der Waals surface area contributed by atoms with Crippen molar-refractivity contribution in [1.29, 1.82) is 0 Å². The van der Waals surface area contributed by atoms with E-state index in [4.69, 9.17) is 5.73 Å². The molecule has 1 heterocycles. The van der Waals surface area contributed by atoms with Crippen molar-refractivity contribution >= 4 is 0 Å². The molecule has 0 fully saturated rings. The zero-order valence-electron chi connectivity index (χ0n) is 12.5. The second kappa shape index (κ2) is 6.51. The van der Waals surface area contributed by atoms with Crippen molar-refractivity contribution in [1.82, 2.24) is 9.80 Å². The molecule has 0 bridgehead atoms. The Hall–Kier alpha value is -0.900. The van der Waals surface area contributed by atoms with Crippen LogP contribution in [0.3, 0.4) is 0 Å². The van der Waals surface area contributed by atoms with E-state index in [1.54, 1.807) is 0 Å². The van der Waals surface area contributed by atoms with Gasteiger partial charge < -0.3 is 10.6 Å². The van der Waals surface area contributed by atoms with Crippen molar-refractivity contribution in [2.45, 2.75) is 32.4 Å². The Balaban J connectivity index is 1.95. The molecule has 0 aliphatic carbocycles. The Labute approximate surface area is 117 Å². The summed E-state index contributed by atoms with van der Waals surface area (Å²) in [5, 5.41) is 0. The molecule has 1 aliphatic heterocycles. The maximum absolute atomic E-state index is 5.99. The molecule has 3 nitrogen and oxygen atoms in total. The van der Waals surface area contributed by atoms with E-state index in [2.05, 4.69) is 49.0 Å². The maximum Gasteiger partial charge on any atom is 0.0477 e. The molecule has 0 aromatic heterocycles. The van der Waals surface area contributed by atoms with E-state index >= 15 is 0 Å². The minimum Gasteiger partial charge on any atom is -0.329 e. The first-order valence-electron chi connectivity index (χ1n) is 7.30. The molecule has 19 heavy (non-hydrogen) atoms. The van der Waals surface area contributed by atoms with E-state index < -0.39 is 0 Å². The molecule has 2 N–H and O–H groups in total. The third-order valence-corrected chi connectivity index (χ3v) is 4.13. The number of hydrogen-bond acceptors (Lipinski definition) is 3. The molecule has 1 unspecified atom stereocenters. The Kier molecular flexibility index (Phi) is 4.97. The van der Waals surface area contributed by atoms with E-state index in [-0.39, 0.29) is 0 Å². The second-order valence-electron chi connectivity index (χ2n) is 5.88. The molecule has 0 amide bonds. The van der Waals surface area contributed by atoms with Crippen molar-refractivity contribution in [2.75, 3.05) is 33.7 Å². The van der Waals surface area contributed by atoms with Crippen molar-refractivity contribution in [2.24, 2.45) is 5.73 Å². The number of benzene rings is 1. The van der Waals surface area contributed by atoms with Gasteiger partial charge in [0.15, 0.2) is 0 Å². The lowest BCUT2D eigenvalue weighted by atomic mass is 10.0. The van der Waals surface area contributed by atoms with Gasteiger partial charge in [-0.25, -0.2) is 0 Å². The molecule has 0 spiro atoms. The fourth-order valence-corrected chi connectivity index (χ4v) is 3.02. The molecule has 1 atom stereocenters. The van der Waals surface area contributed by atoms with Gasteiger partial charge in [0.2, 0.25) is 0 Å². The molecule has 2 rings (SSSR count). The number of unbranched alkanes of at least 4 members (excludes halogenated alkanes) is 1. The topological polar surface area (TPSA) is 32.5 Å². The zero-order chi connectivity index (χ0) is 13.8. The van der Waals surface area contributed by atoms with Gasteiger partial charge in [-0.15, -0.1) is 0 Å². The van der Waals surface area contributed by atoms with Crippen LogP contribution in [-0.2, 0) is 6.54 Å². The molecular formula is C16H27N3.